The number of hydrogen-bond donors (Lipinski definition) is 0. The van der Waals surface area contributed by atoms with E-state index in [1.807, 2.05) is 0 Å². The van der Waals surface area contributed by atoms with Crippen molar-refractivity contribution in [3.63, 3.8) is 0 Å². The number of ether oxygens (including phenoxy) is 2. The highest BCUT2D eigenvalue weighted by molar-refractivity contribution is 5.69. The first-order chi connectivity index (χ1) is 8.63. The fourth-order valence-electron chi connectivity index (χ4n) is 1.25. The third kappa shape index (κ3) is 4.72. The Morgan fingerprint density at radius 3 is 1.89 bits per heavy atom. The van der Waals surface area contributed by atoms with E-state index in [4.69, 9.17) is 0 Å². The van der Waals surface area contributed by atoms with Gasteiger partial charge >= 0.3 is 12.5 Å². The molecule has 0 fully saturated rings. The molecule has 0 aliphatic heterocycles. The molecule has 1 rings (SSSR count). The van der Waals surface area contributed by atoms with Gasteiger partial charge in [-0.2, -0.15) is 13.2 Å². The van der Waals surface area contributed by atoms with Crippen LogP contribution in [-0.2, 0) is 4.74 Å². The van der Waals surface area contributed by atoms with Crippen LogP contribution in [0.5, 0.6) is 5.75 Å². The lowest BCUT2D eigenvalue weighted by Gasteiger charge is -2.13. The van der Waals surface area contributed by atoms with Gasteiger partial charge in [0.2, 0.25) is 0 Å². The lowest BCUT2D eigenvalue weighted by molar-refractivity contribution is -0.274. The van der Waals surface area contributed by atoms with Crippen molar-refractivity contribution in [3.05, 3.63) is 36.1 Å². The third-order valence-corrected chi connectivity index (χ3v) is 1.94. The number of alkyl halides is 6. The fraction of sp³-hybridized carbons (Fsp3) is 0.273. The van der Waals surface area contributed by atoms with Crippen LogP contribution in [0.4, 0.5) is 26.3 Å². The molecular weight excluding hydrogens is 278 g/mol. The number of hydrogen-bond acceptors (Lipinski definition) is 2. The predicted molar refractivity (Wildman–Crippen MR) is 54.2 cm³/mol. The van der Waals surface area contributed by atoms with E-state index in [-0.39, 0.29) is 5.56 Å². The predicted octanol–water partition coefficient (Wildman–Crippen LogP) is 4.13. The number of benzene rings is 1. The molecule has 0 heterocycles. The van der Waals surface area contributed by atoms with Crippen LogP contribution in [0.1, 0.15) is 5.56 Å². The maximum absolute atomic E-state index is 12.6. The van der Waals surface area contributed by atoms with Crippen LogP contribution in [0.3, 0.4) is 0 Å². The van der Waals surface area contributed by atoms with Gasteiger partial charge in [0.15, 0.2) is 0 Å². The van der Waals surface area contributed by atoms with Gasteiger partial charge < -0.3 is 9.47 Å². The second-order valence-corrected chi connectivity index (χ2v) is 3.34. The number of halogens is 6. The molecule has 1 aromatic rings. The van der Waals surface area contributed by atoms with E-state index < -0.39 is 23.9 Å². The van der Waals surface area contributed by atoms with Crippen LogP contribution in [-0.4, -0.2) is 19.6 Å². The lowest BCUT2D eigenvalue weighted by atomic mass is 10.1. The van der Waals surface area contributed by atoms with E-state index in [1.165, 1.54) is 0 Å². The maximum Gasteiger partial charge on any atom is 0.573 e. The zero-order chi connectivity index (χ0) is 14.7. The quantitative estimate of drug-likeness (QED) is 0.614. The van der Waals surface area contributed by atoms with Gasteiger partial charge in [0.25, 0.3) is 0 Å². The van der Waals surface area contributed by atoms with Crippen molar-refractivity contribution in [1.82, 2.24) is 0 Å². The molecule has 0 unspecified atom stereocenters. The van der Waals surface area contributed by atoms with Gasteiger partial charge in [-0.05, 0) is 17.7 Å². The van der Waals surface area contributed by atoms with Crippen LogP contribution in [0, 0.1) is 0 Å². The third-order valence-electron chi connectivity index (χ3n) is 1.94. The summed E-state index contributed by atoms with van der Waals surface area (Å²) in [4.78, 5) is 0. The highest BCUT2D eigenvalue weighted by Gasteiger charge is 2.35. The molecule has 8 heteroatoms. The molecule has 0 aliphatic rings. The topological polar surface area (TPSA) is 18.5 Å². The lowest BCUT2D eigenvalue weighted by Crippen LogP contribution is -2.17. The Kier molecular flexibility index (Phi) is 4.33. The molecule has 0 bridgehead atoms. The Morgan fingerprint density at radius 2 is 1.53 bits per heavy atom. The standard InChI is InChI=1S/C11H8F6O2/c1-18-6-9(10(12,13)14)7-2-4-8(5-3-7)19-11(15,16)17/h2-6H,1H3. The molecule has 19 heavy (non-hydrogen) atoms. The van der Waals surface area contributed by atoms with E-state index in [0.29, 0.717) is 6.26 Å². The summed E-state index contributed by atoms with van der Waals surface area (Å²) in [6.45, 7) is 0. The van der Waals surface area contributed by atoms with Crippen molar-refractivity contribution >= 4 is 5.57 Å². The molecule has 106 valence electrons. The van der Waals surface area contributed by atoms with Crippen molar-refractivity contribution in [2.24, 2.45) is 0 Å². The van der Waals surface area contributed by atoms with Gasteiger partial charge in [0.05, 0.1) is 18.9 Å². The minimum atomic E-state index is -4.89. The zero-order valence-electron chi connectivity index (χ0n) is 9.47. The average molecular weight is 286 g/mol. The molecule has 0 atom stereocenters. The average Bonchev–Trinajstić information content (AvgIpc) is 2.23. The normalized spacial score (nSPS) is 13.3. The molecular formula is C11H8F6O2. The minimum absolute atomic E-state index is 0.330. The maximum atomic E-state index is 12.6. The smallest absolute Gasteiger partial charge is 0.504 e. The highest BCUT2D eigenvalue weighted by atomic mass is 19.4. The summed E-state index contributed by atoms with van der Waals surface area (Å²) in [5.74, 6) is -0.602. The molecule has 2 nitrogen and oxygen atoms in total. The summed E-state index contributed by atoms with van der Waals surface area (Å²) in [6.07, 6.45) is -9.10. The molecule has 0 aromatic heterocycles. The SMILES string of the molecule is COC=C(c1ccc(OC(F)(F)F)cc1)C(F)(F)F. The van der Waals surface area contributed by atoms with Gasteiger partial charge in [-0.25, -0.2) is 0 Å². The highest BCUT2D eigenvalue weighted by Crippen LogP contribution is 2.34. The van der Waals surface area contributed by atoms with Crippen molar-refractivity contribution < 1.29 is 35.8 Å². The van der Waals surface area contributed by atoms with Crippen molar-refractivity contribution in [3.8, 4) is 5.75 Å². The van der Waals surface area contributed by atoms with E-state index in [1.54, 1.807) is 0 Å². The Balaban J connectivity index is 3.00. The monoisotopic (exact) mass is 286 g/mol. The second kappa shape index (κ2) is 5.41. The van der Waals surface area contributed by atoms with Crippen LogP contribution in [0.15, 0.2) is 30.5 Å². The van der Waals surface area contributed by atoms with Crippen molar-refractivity contribution in [1.29, 1.82) is 0 Å². The fourth-order valence-corrected chi connectivity index (χ4v) is 1.25. The van der Waals surface area contributed by atoms with Crippen LogP contribution in [0.25, 0.3) is 5.57 Å². The first-order valence-electron chi connectivity index (χ1n) is 4.80. The van der Waals surface area contributed by atoms with Crippen molar-refractivity contribution in [2.45, 2.75) is 12.5 Å². The Morgan fingerprint density at radius 1 is 1.00 bits per heavy atom. The largest absolute Gasteiger partial charge is 0.573 e. The van der Waals surface area contributed by atoms with Gasteiger partial charge in [-0.1, -0.05) is 12.1 Å². The Hall–Kier alpha value is -1.86. The molecule has 0 aliphatic carbocycles. The summed E-state index contributed by atoms with van der Waals surface area (Å²) in [5.41, 5.74) is -1.43. The van der Waals surface area contributed by atoms with Gasteiger partial charge in [-0.3, -0.25) is 0 Å². The first-order valence-corrected chi connectivity index (χ1v) is 4.80. The van der Waals surface area contributed by atoms with Gasteiger partial charge in [0.1, 0.15) is 5.75 Å². The molecule has 0 N–H and O–H groups in total. The molecule has 0 spiro atoms. The minimum Gasteiger partial charge on any atom is -0.504 e. The van der Waals surface area contributed by atoms with E-state index in [0.717, 1.165) is 31.4 Å². The number of allylic oxidation sites excluding steroid dienone is 1. The van der Waals surface area contributed by atoms with Gasteiger partial charge in [-0.15, -0.1) is 13.2 Å². The number of methoxy groups -OCH3 is 1. The van der Waals surface area contributed by atoms with E-state index in [9.17, 15) is 26.3 Å². The Labute approximate surface area is 104 Å². The summed E-state index contributed by atoms with van der Waals surface area (Å²) in [6, 6.07) is 3.30. The zero-order valence-corrected chi connectivity index (χ0v) is 9.47. The van der Waals surface area contributed by atoms with Crippen LogP contribution < -0.4 is 4.74 Å². The molecule has 1 aromatic carbocycles. The van der Waals surface area contributed by atoms with E-state index >= 15 is 0 Å². The molecule has 0 radical (unpaired) electrons. The van der Waals surface area contributed by atoms with Crippen molar-refractivity contribution in [2.75, 3.05) is 7.11 Å². The second-order valence-electron chi connectivity index (χ2n) is 3.34. The van der Waals surface area contributed by atoms with Crippen LogP contribution >= 0.6 is 0 Å². The summed E-state index contributed by atoms with van der Waals surface area (Å²) >= 11 is 0. The molecule has 0 saturated carbocycles. The molecule has 0 amide bonds. The van der Waals surface area contributed by atoms with E-state index in [2.05, 4.69) is 9.47 Å². The van der Waals surface area contributed by atoms with Crippen LogP contribution in [0.2, 0.25) is 0 Å². The number of rotatable bonds is 3. The summed E-state index contributed by atoms with van der Waals surface area (Å²) < 4.78 is 81.3. The summed E-state index contributed by atoms with van der Waals surface area (Å²) in [5, 5.41) is 0. The first kappa shape index (κ1) is 15.2. The summed E-state index contributed by atoms with van der Waals surface area (Å²) in [7, 11) is 1.03. The van der Waals surface area contributed by atoms with Gasteiger partial charge in [0, 0.05) is 0 Å². The Bertz CT molecular complexity index is 444. The molecule has 0 saturated heterocycles.